The van der Waals surface area contributed by atoms with Crippen molar-refractivity contribution in [3.05, 3.63) is 69.7 Å². The van der Waals surface area contributed by atoms with Crippen LogP contribution in [0.1, 0.15) is 30.5 Å². The van der Waals surface area contributed by atoms with Crippen LogP contribution in [0.15, 0.2) is 53.5 Å². The molecule has 5 nitrogen and oxygen atoms in total. The Labute approximate surface area is 170 Å². The van der Waals surface area contributed by atoms with Crippen molar-refractivity contribution in [1.29, 1.82) is 0 Å². The number of rotatable bonds is 8. The molecule has 2 aromatic rings. The van der Waals surface area contributed by atoms with Gasteiger partial charge in [0.15, 0.2) is 15.8 Å². The molecule has 0 aliphatic rings. The number of nitrogens with two attached hydrogens (primary N) is 1. The van der Waals surface area contributed by atoms with Gasteiger partial charge in [0.2, 0.25) is 0 Å². The Morgan fingerprint density at radius 3 is 2.56 bits per heavy atom. The van der Waals surface area contributed by atoms with Crippen LogP contribution in [0, 0.1) is 0 Å². The Kier molecular flexibility index (Phi) is 7.95. The Hall–Kier alpha value is -1.76. The molecule has 3 N–H and O–H groups in total. The van der Waals surface area contributed by atoms with Crippen LogP contribution in [-0.2, 0) is 15.6 Å². The highest BCUT2D eigenvalue weighted by molar-refractivity contribution is 7.90. The van der Waals surface area contributed by atoms with Crippen LogP contribution < -0.4 is 11.1 Å². The Balaban J connectivity index is 1.81. The van der Waals surface area contributed by atoms with Crippen LogP contribution in [-0.4, -0.2) is 26.7 Å². The average Bonchev–Trinajstić information content (AvgIpc) is 2.59. The maximum absolute atomic E-state index is 12.2. The largest absolute Gasteiger partial charge is 0.370 e. The van der Waals surface area contributed by atoms with Crippen molar-refractivity contribution < 1.29 is 8.42 Å². The molecule has 2 rings (SSSR count). The van der Waals surface area contributed by atoms with E-state index in [-0.39, 0.29) is 23.5 Å². The lowest BCUT2D eigenvalue weighted by molar-refractivity contribution is 0.592. The molecule has 0 fully saturated rings. The molecule has 0 saturated carbocycles. The molecule has 1 unspecified atom stereocenters. The van der Waals surface area contributed by atoms with Gasteiger partial charge in [-0.3, -0.25) is 4.99 Å². The topological polar surface area (TPSA) is 84.5 Å². The molecule has 0 bridgehead atoms. The van der Waals surface area contributed by atoms with E-state index >= 15 is 0 Å². The highest BCUT2D eigenvalue weighted by Gasteiger charge is 2.12. The van der Waals surface area contributed by atoms with Crippen molar-refractivity contribution >= 4 is 39.0 Å². The lowest BCUT2D eigenvalue weighted by Gasteiger charge is -2.16. The van der Waals surface area contributed by atoms with E-state index in [9.17, 15) is 8.42 Å². The van der Waals surface area contributed by atoms with Crippen molar-refractivity contribution in [2.45, 2.75) is 25.1 Å². The number of nitrogens with zero attached hydrogens (tertiary/aromatic N) is 1. The van der Waals surface area contributed by atoms with Gasteiger partial charge in [-0.1, -0.05) is 59.6 Å². The molecule has 8 heteroatoms. The fraction of sp³-hybridized carbons (Fsp3) is 0.316. The molecule has 2 aromatic carbocycles. The summed E-state index contributed by atoms with van der Waals surface area (Å²) >= 11 is 12.1. The van der Waals surface area contributed by atoms with Crippen molar-refractivity contribution in [2.24, 2.45) is 10.7 Å². The molecule has 0 heterocycles. The fourth-order valence-corrected chi connectivity index (χ4v) is 4.57. The van der Waals surface area contributed by atoms with Gasteiger partial charge in [-0.25, -0.2) is 8.42 Å². The second-order valence-electron chi connectivity index (χ2n) is 6.23. The molecule has 27 heavy (non-hydrogen) atoms. The van der Waals surface area contributed by atoms with Crippen molar-refractivity contribution in [3.63, 3.8) is 0 Å². The molecule has 0 amide bonds. The van der Waals surface area contributed by atoms with Crippen LogP contribution in [0.4, 0.5) is 0 Å². The maximum atomic E-state index is 12.2. The minimum atomic E-state index is -3.17. The van der Waals surface area contributed by atoms with E-state index < -0.39 is 9.84 Å². The van der Waals surface area contributed by atoms with E-state index in [0.717, 1.165) is 11.1 Å². The molecule has 0 radical (unpaired) electrons. The van der Waals surface area contributed by atoms with Crippen LogP contribution in [0.2, 0.25) is 10.0 Å². The molecule has 0 aliphatic carbocycles. The second kappa shape index (κ2) is 9.97. The zero-order chi connectivity index (χ0) is 19.9. The lowest BCUT2D eigenvalue weighted by Crippen LogP contribution is -2.34. The molecule has 0 aliphatic heterocycles. The molecular formula is C19H23Cl2N3O2S. The van der Waals surface area contributed by atoms with Gasteiger partial charge in [-0.15, -0.1) is 0 Å². The minimum Gasteiger partial charge on any atom is -0.370 e. The zero-order valence-electron chi connectivity index (χ0n) is 15.0. The number of halogens is 2. The summed E-state index contributed by atoms with van der Waals surface area (Å²) < 4.78 is 24.3. The first-order valence-electron chi connectivity index (χ1n) is 8.52. The van der Waals surface area contributed by atoms with Crippen molar-refractivity contribution in [1.82, 2.24) is 5.32 Å². The summed E-state index contributed by atoms with van der Waals surface area (Å²) in [6, 6.07) is 14.2. The number of guanidine groups is 1. The smallest absolute Gasteiger partial charge is 0.189 e. The van der Waals surface area contributed by atoms with Crippen LogP contribution in [0.25, 0.3) is 0 Å². The summed E-state index contributed by atoms with van der Waals surface area (Å²) in [5, 5.41) is 4.15. The molecule has 0 spiro atoms. The van der Waals surface area contributed by atoms with Crippen LogP contribution in [0.5, 0.6) is 0 Å². The summed E-state index contributed by atoms with van der Waals surface area (Å²) in [4.78, 5) is 4.20. The third-order valence-electron chi connectivity index (χ3n) is 3.92. The first kappa shape index (κ1) is 21.5. The fourth-order valence-electron chi connectivity index (χ4n) is 2.58. The number of aliphatic imine (C=N–C) groups is 1. The third-order valence-corrected chi connectivity index (χ3v) is 6.16. The first-order valence-corrected chi connectivity index (χ1v) is 11.1. The summed E-state index contributed by atoms with van der Waals surface area (Å²) in [7, 11) is -3.17. The molecule has 0 saturated heterocycles. The van der Waals surface area contributed by atoms with Gasteiger partial charge in [-0.05, 0) is 36.6 Å². The Morgan fingerprint density at radius 2 is 1.89 bits per heavy atom. The van der Waals surface area contributed by atoms with Crippen LogP contribution in [0.3, 0.4) is 0 Å². The van der Waals surface area contributed by atoms with Gasteiger partial charge < -0.3 is 11.1 Å². The lowest BCUT2D eigenvalue weighted by atomic mass is 10.1. The SMILES string of the molecule is CC(NC(N)=NCCCS(=O)(=O)Cc1ccccc1)c1ccc(Cl)cc1Cl. The number of hydrogen-bond donors (Lipinski definition) is 2. The van der Waals surface area contributed by atoms with Crippen molar-refractivity contribution in [3.8, 4) is 0 Å². The number of benzene rings is 2. The highest BCUT2D eigenvalue weighted by Crippen LogP contribution is 2.25. The maximum Gasteiger partial charge on any atom is 0.189 e. The molecule has 0 aromatic heterocycles. The van der Waals surface area contributed by atoms with Gasteiger partial charge in [0.05, 0.1) is 17.5 Å². The number of hydrogen-bond acceptors (Lipinski definition) is 3. The predicted molar refractivity (Wildman–Crippen MR) is 113 cm³/mol. The zero-order valence-corrected chi connectivity index (χ0v) is 17.4. The summed E-state index contributed by atoms with van der Waals surface area (Å²) in [5.41, 5.74) is 7.52. The van der Waals surface area contributed by atoms with Gasteiger partial charge in [0, 0.05) is 16.6 Å². The van der Waals surface area contributed by atoms with Gasteiger partial charge in [0.25, 0.3) is 0 Å². The van der Waals surface area contributed by atoms with E-state index in [1.54, 1.807) is 24.3 Å². The summed E-state index contributed by atoms with van der Waals surface area (Å²) in [5.74, 6) is 0.350. The van der Waals surface area contributed by atoms with E-state index in [1.807, 2.05) is 31.2 Å². The highest BCUT2D eigenvalue weighted by atomic mass is 35.5. The minimum absolute atomic E-state index is 0.0391. The Bertz CT molecular complexity index is 887. The quantitative estimate of drug-likeness (QED) is 0.379. The van der Waals surface area contributed by atoms with Gasteiger partial charge >= 0.3 is 0 Å². The van der Waals surface area contributed by atoms with E-state index in [4.69, 9.17) is 28.9 Å². The normalized spacial score (nSPS) is 13.4. The third kappa shape index (κ3) is 7.40. The molecule has 146 valence electrons. The first-order chi connectivity index (χ1) is 12.8. The summed E-state index contributed by atoms with van der Waals surface area (Å²) in [6.07, 6.45) is 0.410. The average molecular weight is 428 g/mol. The second-order valence-corrected chi connectivity index (χ2v) is 9.26. The van der Waals surface area contributed by atoms with Gasteiger partial charge in [-0.2, -0.15) is 0 Å². The van der Waals surface area contributed by atoms with E-state index in [1.165, 1.54) is 0 Å². The van der Waals surface area contributed by atoms with Crippen LogP contribution >= 0.6 is 23.2 Å². The molecule has 1 atom stereocenters. The Morgan fingerprint density at radius 1 is 1.19 bits per heavy atom. The van der Waals surface area contributed by atoms with Crippen molar-refractivity contribution in [2.75, 3.05) is 12.3 Å². The predicted octanol–water partition coefficient (Wildman–Crippen LogP) is 3.96. The number of sulfone groups is 1. The van der Waals surface area contributed by atoms with E-state index in [2.05, 4.69) is 10.3 Å². The summed E-state index contributed by atoms with van der Waals surface area (Å²) in [6.45, 7) is 2.23. The standard InChI is InChI=1S/C19H23Cl2N3O2S/c1-14(17-9-8-16(20)12-18(17)21)24-19(22)23-10-5-11-27(25,26)13-15-6-3-2-4-7-15/h2-4,6-9,12,14H,5,10-11,13H2,1H3,(H3,22,23,24). The van der Waals surface area contributed by atoms with Gasteiger partial charge in [0.1, 0.15) is 0 Å². The molecular weight excluding hydrogens is 405 g/mol. The number of nitrogens with one attached hydrogen (secondary N) is 1. The van der Waals surface area contributed by atoms with E-state index in [0.29, 0.717) is 23.0 Å². The monoisotopic (exact) mass is 427 g/mol.